The van der Waals surface area contributed by atoms with Gasteiger partial charge in [-0.3, -0.25) is 0 Å². The predicted octanol–water partition coefficient (Wildman–Crippen LogP) is 2.40. The SMILES string of the molecule is O=C(O)c1cnn2c1NC(c1ccc(Cl)cc1)C2. The molecule has 0 fully saturated rings. The minimum absolute atomic E-state index is 0.0315. The number of aromatic nitrogens is 2. The van der Waals surface area contributed by atoms with E-state index in [0.29, 0.717) is 17.4 Å². The van der Waals surface area contributed by atoms with Gasteiger partial charge >= 0.3 is 5.97 Å². The minimum Gasteiger partial charge on any atom is -0.477 e. The molecule has 1 aliphatic heterocycles. The summed E-state index contributed by atoms with van der Waals surface area (Å²) in [6.45, 7) is 0.615. The summed E-state index contributed by atoms with van der Waals surface area (Å²) in [5, 5.41) is 16.9. The summed E-state index contributed by atoms with van der Waals surface area (Å²) in [6, 6.07) is 7.51. The van der Waals surface area contributed by atoms with Crippen molar-refractivity contribution >= 4 is 23.4 Å². The maximum Gasteiger partial charge on any atom is 0.341 e. The molecule has 0 amide bonds. The third-order valence-electron chi connectivity index (χ3n) is 3.01. The Morgan fingerprint density at radius 1 is 1.44 bits per heavy atom. The van der Waals surface area contributed by atoms with Crippen molar-refractivity contribution in [2.45, 2.75) is 12.6 Å². The molecule has 0 radical (unpaired) electrons. The molecule has 0 bridgehead atoms. The molecule has 18 heavy (non-hydrogen) atoms. The normalized spacial score (nSPS) is 17.3. The molecule has 2 heterocycles. The van der Waals surface area contributed by atoms with E-state index in [2.05, 4.69) is 10.4 Å². The molecule has 2 aromatic rings. The van der Waals surface area contributed by atoms with Crippen molar-refractivity contribution in [1.29, 1.82) is 0 Å². The summed E-state index contributed by atoms with van der Waals surface area (Å²) < 4.78 is 1.67. The highest BCUT2D eigenvalue weighted by Gasteiger charge is 2.27. The number of nitrogens with zero attached hydrogens (tertiary/aromatic N) is 2. The van der Waals surface area contributed by atoms with Crippen molar-refractivity contribution in [3.8, 4) is 0 Å². The van der Waals surface area contributed by atoms with Crippen LogP contribution in [-0.2, 0) is 6.54 Å². The zero-order valence-electron chi connectivity index (χ0n) is 9.30. The molecule has 0 spiro atoms. The van der Waals surface area contributed by atoms with Gasteiger partial charge in [0.25, 0.3) is 0 Å². The predicted molar refractivity (Wildman–Crippen MR) is 67.0 cm³/mol. The number of hydrogen-bond donors (Lipinski definition) is 2. The molecule has 1 aromatic heterocycles. The molecule has 0 saturated carbocycles. The van der Waals surface area contributed by atoms with E-state index in [-0.39, 0.29) is 11.6 Å². The van der Waals surface area contributed by atoms with Crippen molar-refractivity contribution in [2.75, 3.05) is 5.32 Å². The zero-order chi connectivity index (χ0) is 12.7. The Labute approximate surface area is 108 Å². The van der Waals surface area contributed by atoms with Gasteiger partial charge in [0.2, 0.25) is 0 Å². The Morgan fingerprint density at radius 2 is 2.17 bits per heavy atom. The monoisotopic (exact) mass is 263 g/mol. The zero-order valence-corrected chi connectivity index (χ0v) is 10.1. The summed E-state index contributed by atoms with van der Waals surface area (Å²) in [5.74, 6) is -0.414. The summed E-state index contributed by atoms with van der Waals surface area (Å²) >= 11 is 5.84. The van der Waals surface area contributed by atoms with Crippen molar-refractivity contribution in [1.82, 2.24) is 9.78 Å². The topological polar surface area (TPSA) is 67.1 Å². The summed E-state index contributed by atoms with van der Waals surface area (Å²) in [4.78, 5) is 11.0. The summed E-state index contributed by atoms with van der Waals surface area (Å²) in [7, 11) is 0. The highest BCUT2D eigenvalue weighted by molar-refractivity contribution is 6.30. The van der Waals surface area contributed by atoms with Gasteiger partial charge in [-0.1, -0.05) is 23.7 Å². The fourth-order valence-electron chi connectivity index (χ4n) is 2.10. The average Bonchev–Trinajstić information content (AvgIpc) is 2.88. The first kappa shape index (κ1) is 11.1. The van der Waals surface area contributed by atoms with E-state index >= 15 is 0 Å². The van der Waals surface area contributed by atoms with Crippen molar-refractivity contribution in [3.63, 3.8) is 0 Å². The average molecular weight is 264 g/mol. The highest BCUT2D eigenvalue weighted by atomic mass is 35.5. The van der Waals surface area contributed by atoms with E-state index in [0.717, 1.165) is 5.56 Å². The minimum atomic E-state index is -0.972. The van der Waals surface area contributed by atoms with Gasteiger partial charge in [0.15, 0.2) is 0 Å². The van der Waals surface area contributed by atoms with Crippen molar-refractivity contribution in [2.24, 2.45) is 0 Å². The Kier molecular flexibility index (Phi) is 2.48. The van der Waals surface area contributed by atoms with Crippen LogP contribution in [0.15, 0.2) is 30.5 Å². The largest absolute Gasteiger partial charge is 0.477 e. The molecule has 2 N–H and O–H groups in total. The quantitative estimate of drug-likeness (QED) is 0.873. The maximum absolute atomic E-state index is 11.0. The summed E-state index contributed by atoms with van der Waals surface area (Å²) in [5.41, 5.74) is 1.26. The molecule has 3 rings (SSSR count). The lowest BCUT2D eigenvalue weighted by molar-refractivity contribution is 0.0698. The maximum atomic E-state index is 11.0. The van der Waals surface area contributed by atoms with Gasteiger partial charge in [-0.25, -0.2) is 9.48 Å². The Bertz CT molecular complexity index is 606. The number of carboxylic acids is 1. The third-order valence-corrected chi connectivity index (χ3v) is 3.26. The lowest BCUT2D eigenvalue weighted by Gasteiger charge is -2.10. The molecule has 92 valence electrons. The first-order valence-electron chi connectivity index (χ1n) is 5.46. The smallest absolute Gasteiger partial charge is 0.341 e. The van der Waals surface area contributed by atoms with E-state index in [1.807, 2.05) is 24.3 Å². The first-order chi connectivity index (χ1) is 8.65. The third kappa shape index (κ3) is 1.73. The second-order valence-electron chi connectivity index (χ2n) is 4.14. The first-order valence-corrected chi connectivity index (χ1v) is 5.84. The van der Waals surface area contributed by atoms with E-state index in [1.54, 1.807) is 4.68 Å². The van der Waals surface area contributed by atoms with Crippen molar-refractivity contribution in [3.05, 3.63) is 46.6 Å². The Morgan fingerprint density at radius 3 is 2.83 bits per heavy atom. The van der Waals surface area contributed by atoms with E-state index in [9.17, 15) is 4.79 Å². The number of carboxylic acid groups (broad SMARTS) is 1. The van der Waals surface area contributed by atoms with Crippen LogP contribution in [0, 0.1) is 0 Å². The van der Waals surface area contributed by atoms with Crippen LogP contribution in [0.1, 0.15) is 22.0 Å². The molecule has 1 atom stereocenters. The van der Waals surface area contributed by atoms with Crippen LogP contribution in [0.2, 0.25) is 5.02 Å². The van der Waals surface area contributed by atoms with Gasteiger partial charge in [-0.15, -0.1) is 0 Å². The fourth-order valence-corrected chi connectivity index (χ4v) is 2.23. The Hall–Kier alpha value is -2.01. The van der Waals surface area contributed by atoms with Crippen LogP contribution in [0.5, 0.6) is 0 Å². The molecule has 1 aliphatic rings. The van der Waals surface area contributed by atoms with Crippen LogP contribution in [0.25, 0.3) is 0 Å². The number of benzene rings is 1. The van der Waals surface area contributed by atoms with Crippen LogP contribution in [-0.4, -0.2) is 20.9 Å². The van der Waals surface area contributed by atoms with Crippen LogP contribution in [0.4, 0.5) is 5.82 Å². The van der Waals surface area contributed by atoms with Crippen LogP contribution < -0.4 is 5.32 Å². The summed E-state index contributed by atoms with van der Waals surface area (Å²) in [6.07, 6.45) is 1.36. The van der Waals surface area contributed by atoms with E-state index < -0.39 is 5.97 Å². The Balaban J connectivity index is 1.89. The number of rotatable bonds is 2. The number of halogens is 1. The van der Waals surface area contributed by atoms with E-state index in [4.69, 9.17) is 16.7 Å². The van der Waals surface area contributed by atoms with Gasteiger partial charge in [0, 0.05) is 5.02 Å². The van der Waals surface area contributed by atoms with Gasteiger partial charge < -0.3 is 10.4 Å². The number of aromatic carboxylic acids is 1. The molecule has 0 aliphatic carbocycles. The molecule has 1 unspecified atom stereocenters. The van der Waals surface area contributed by atoms with Gasteiger partial charge in [0.1, 0.15) is 11.4 Å². The van der Waals surface area contributed by atoms with Gasteiger partial charge in [-0.2, -0.15) is 5.10 Å². The lowest BCUT2D eigenvalue weighted by atomic mass is 10.1. The van der Waals surface area contributed by atoms with Gasteiger partial charge in [-0.05, 0) is 17.7 Å². The number of nitrogens with one attached hydrogen (secondary N) is 1. The van der Waals surface area contributed by atoms with Crippen LogP contribution in [0.3, 0.4) is 0 Å². The molecule has 1 aromatic carbocycles. The molecular formula is C12H10ClN3O2. The van der Waals surface area contributed by atoms with Gasteiger partial charge in [0.05, 0.1) is 18.8 Å². The highest BCUT2D eigenvalue weighted by Crippen LogP contribution is 2.31. The standard InChI is InChI=1S/C12H10ClN3O2/c13-8-3-1-7(2-4-8)10-6-16-11(15-10)9(5-14-16)12(17)18/h1-5,10,15H,6H2,(H,17,18). The van der Waals surface area contributed by atoms with E-state index in [1.165, 1.54) is 6.20 Å². The molecule has 5 nitrogen and oxygen atoms in total. The molecule has 0 saturated heterocycles. The van der Waals surface area contributed by atoms with Crippen molar-refractivity contribution < 1.29 is 9.90 Å². The number of carbonyl (C=O) groups is 1. The lowest BCUT2D eigenvalue weighted by Crippen LogP contribution is -2.08. The second-order valence-corrected chi connectivity index (χ2v) is 4.58. The fraction of sp³-hybridized carbons (Fsp3) is 0.167. The van der Waals surface area contributed by atoms with Crippen LogP contribution >= 0.6 is 11.6 Å². The number of fused-ring (bicyclic) bond motifs is 1. The number of anilines is 1. The molecular weight excluding hydrogens is 254 g/mol. The number of hydrogen-bond acceptors (Lipinski definition) is 3. The molecule has 6 heteroatoms. The second kappa shape index (κ2) is 4.03.